The molecule has 1 amide bonds. The number of nitrogens with one attached hydrogen (secondary N) is 1. The first-order valence-electron chi connectivity index (χ1n) is 11.5. The fourth-order valence-electron chi connectivity index (χ4n) is 4.52. The van der Waals surface area contributed by atoms with E-state index in [1.807, 2.05) is 60.0 Å². The van der Waals surface area contributed by atoms with E-state index in [0.29, 0.717) is 32.9 Å². The van der Waals surface area contributed by atoms with Gasteiger partial charge in [0.05, 0.1) is 17.1 Å². The van der Waals surface area contributed by atoms with Gasteiger partial charge in [-0.3, -0.25) is 10.2 Å². The Labute approximate surface area is 221 Å². The Bertz CT molecular complexity index is 1720. The highest BCUT2D eigenvalue weighted by molar-refractivity contribution is 8.27. The second-order valence-corrected chi connectivity index (χ2v) is 9.96. The second kappa shape index (κ2) is 9.14. The van der Waals surface area contributed by atoms with E-state index >= 15 is 0 Å². The van der Waals surface area contributed by atoms with Gasteiger partial charge >= 0.3 is 0 Å². The number of fused-ring (bicyclic) bond motifs is 2. The monoisotopic (exact) mass is 527 g/mol. The van der Waals surface area contributed by atoms with Crippen LogP contribution in [0.25, 0.3) is 17.0 Å². The Morgan fingerprint density at radius 3 is 2.59 bits per heavy atom. The fraction of sp³-hybridized carbons (Fsp3) is 0.0714. The fourth-order valence-corrected chi connectivity index (χ4v) is 5.73. The molecule has 182 valence electrons. The van der Waals surface area contributed by atoms with Crippen molar-refractivity contribution in [2.45, 2.75) is 13.5 Å². The van der Waals surface area contributed by atoms with Crippen LogP contribution in [0.1, 0.15) is 22.4 Å². The van der Waals surface area contributed by atoms with E-state index in [4.69, 9.17) is 17.0 Å². The normalized spacial score (nSPS) is 16.4. The number of rotatable bonds is 4. The number of nitrogens with zero attached hydrogens (tertiary/aromatic N) is 4. The zero-order valence-electron chi connectivity index (χ0n) is 19.6. The number of amides is 1. The van der Waals surface area contributed by atoms with Crippen LogP contribution in [-0.4, -0.2) is 31.5 Å². The number of thioether (sulfide) groups is 1. The Balaban J connectivity index is 1.42. The predicted molar refractivity (Wildman–Crippen MR) is 148 cm³/mol. The lowest BCUT2D eigenvalue weighted by atomic mass is 10.1. The molecule has 2 aliphatic heterocycles. The number of carbonyl (C=O) groups is 1. The summed E-state index contributed by atoms with van der Waals surface area (Å²) in [7, 11) is 0. The topological polar surface area (TPSA) is 73.8 Å². The van der Waals surface area contributed by atoms with Gasteiger partial charge in [0, 0.05) is 33.3 Å². The lowest BCUT2D eigenvalue weighted by Gasteiger charge is -2.20. The highest BCUT2D eigenvalue weighted by Gasteiger charge is 2.36. The number of aromatic nitrogens is 1. The first-order chi connectivity index (χ1) is 17.9. The minimum absolute atomic E-state index is 0.0603. The van der Waals surface area contributed by atoms with Crippen LogP contribution < -0.4 is 0 Å². The van der Waals surface area contributed by atoms with E-state index in [2.05, 4.69) is 10.1 Å². The molecule has 0 fully saturated rings. The highest BCUT2D eigenvalue weighted by Crippen LogP contribution is 2.35. The maximum atomic E-state index is 14.5. The molecule has 0 atom stereocenters. The van der Waals surface area contributed by atoms with E-state index in [0.717, 1.165) is 22.2 Å². The number of amidine groups is 2. The van der Waals surface area contributed by atoms with Crippen molar-refractivity contribution in [3.05, 3.63) is 112 Å². The number of aliphatic imine (C=N–C) groups is 1. The van der Waals surface area contributed by atoms with Gasteiger partial charge in [0.1, 0.15) is 10.9 Å². The molecule has 0 radical (unpaired) electrons. The van der Waals surface area contributed by atoms with Crippen LogP contribution in [0.4, 0.5) is 4.39 Å². The molecule has 0 bridgehead atoms. The van der Waals surface area contributed by atoms with Crippen LogP contribution in [-0.2, 0) is 11.3 Å². The van der Waals surface area contributed by atoms with Crippen molar-refractivity contribution in [3.8, 4) is 0 Å². The largest absolute Gasteiger partial charge is 0.340 e. The van der Waals surface area contributed by atoms with Gasteiger partial charge < -0.3 is 4.57 Å². The molecule has 0 saturated heterocycles. The molecule has 4 aromatic rings. The van der Waals surface area contributed by atoms with Crippen molar-refractivity contribution in [2.24, 2.45) is 10.1 Å². The average molecular weight is 528 g/mol. The third kappa shape index (κ3) is 3.98. The third-order valence-electron chi connectivity index (χ3n) is 6.41. The van der Waals surface area contributed by atoms with Gasteiger partial charge in [-0.2, -0.15) is 15.1 Å². The molecule has 2 aliphatic rings. The number of para-hydroxylation sites is 1. The minimum Gasteiger partial charge on any atom is -0.340 e. The highest BCUT2D eigenvalue weighted by atomic mass is 35.5. The molecule has 37 heavy (non-hydrogen) atoms. The SMILES string of the molecule is Cc1c(/C=C2\C(=N)N3N=C(c4ccccc4Cl)SC3=NC2=O)c2ccccc2n1Cc1ccccc1F. The van der Waals surface area contributed by atoms with Crippen LogP contribution in [0, 0.1) is 18.2 Å². The number of hydrogen-bond donors (Lipinski definition) is 1. The van der Waals surface area contributed by atoms with Crippen molar-refractivity contribution in [1.82, 2.24) is 9.58 Å². The summed E-state index contributed by atoms with van der Waals surface area (Å²) >= 11 is 7.54. The van der Waals surface area contributed by atoms with Crippen molar-refractivity contribution in [1.29, 1.82) is 5.41 Å². The van der Waals surface area contributed by atoms with Crippen LogP contribution in [0.2, 0.25) is 5.02 Å². The summed E-state index contributed by atoms with van der Waals surface area (Å²) in [6, 6.07) is 21.7. The molecule has 3 aromatic carbocycles. The summed E-state index contributed by atoms with van der Waals surface area (Å²) in [6.07, 6.45) is 1.69. The molecule has 0 aliphatic carbocycles. The minimum atomic E-state index is -0.510. The number of benzene rings is 3. The van der Waals surface area contributed by atoms with Gasteiger partial charge in [-0.25, -0.2) is 4.39 Å². The van der Waals surface area contributed by atoms with Gasteiger partial charge in [0.15, 0.2) is 5.84 Å². The zero-order chi connectivity index (χ0) is 25.7. The summed E-state index contributed by atoms with van der Waals surface area (Å²) in [5, 5.41) is 17.0. The van der Waals surface area contributed by atoms with E-state index in [-0.39, 0.29) is 17.2 Å². The quantitative estimate of drug-likeness (QED) is 0.310. The summed E-state index contributed by atoms with van der Waals surface area (Å²) in [5.41, 5.74) is 3.94. The lowest BCUT2D eigenvalue weighted by Crippen LogP contribution is -2.35. The number of carbonyl (C=O) groups excluding carboxylic acids is 1. The van der Waals surface area contributed by atoms with Crippen LogP contribution in [0.15, 0.2) is 88.5 Å². The van der Waals surface area contributed by atoms with Crippen molar-refractivity contribution in [2.75, 3.05) is 0 Å². The maximum absolute atomic E-state index is 14.5. The molecule has 9 heteroatoms. The lowest BCUT2D eigenvalue weighted by molar-refractivity contribution is -0.114. The van der Waals surface area contributed by atoms with Crippen LogP contribution in [0.3, 0.4) is 0 Å². The van der Waals surface area contributed by atoms with E-state index < -0.39 is 5.91 Å². The average Bonchev–Trinajstić information content (AvgIpc) is 3.43. The smallest absolute Gasteiger partial charge is 0.283 e. The second-order valence-electron chi connectivity index (χ2n) is 8.60. The Morgan fingerprint density at radius 2 is 1.78 bits per heavy atom. The Hall–Kier alpha value is -4.01. The van der Waals surface area contributed by atoms with E-state index in [1.165, 1.54) is 22.8 Å². The van der Waals surface area contributed by atoms with Crippen LogP contribution in [0.5, 0.6) is 0 Å². The Kier molecular flexibility index (Phi) is 5.78. The number of halogens is 2. The number of hydrazone groups is 1. The molecule has 6 rings (SSSR count). The molecule has 0 saturated carbocycles. The third-order valence-corrected chi connectivity index (χ3v) is 7.68. The van der Waals surface area contributed by atoms with E-state index in [9.17, 15) is 9.18 Å². The van der Waals surface area contributed by atoms with Gasteiger partial charge in [-0.15, -0.1) is 0 Å². The van der Waals surface area contributed by atoms with Crippen LogP contribution >= 0.6 is 23.4 Å². The van der Waals surface area contributed by atoms with Gasteiger partial charge in [0.25, 0.3) is 5.91 Å². The predicted octanol–water partition coefficient (Wildman–Crippen LogP) is 6.46. The Morgan fingerprint density at radius 1 is 1.05 bits per heavy atom. The van der Waals surface area contributed by atoms with Gasteiger partial charge in [0.2, 0.25) is 5.17 Å². The molecule has 1 aromatic heterocycles. The molecular weight excluding hydrogens is 509 g/mol. The first-order valence-corrected chi connectivity index (χ1v) is 12.7. The van der Waals surface area contributed by atoms with Crippen molar-refractivity contribution >= 4 is 62.3 Å². The summed E-state index contributed by atoms with van der Waals surface area (Å²) in [6.45, 7) is 2.27. The summed E-state index contributed by atoms with van der Waals surface area (Å²) in [5.74, 6) is -0.844. The van der Waals surface area contributed by atoms with Gasteiger partial charge in [-0.1, -0.05) is 66.2 Å². The molecule has 0 unspecified atom stereocenters. The summed E-state index contributed by atoms with van der Waals surface area (Å²) < 4.78 is 16.5. The maximum Gasteiger partial charge on any atom is 0.283 e. The first kappa shape index (κ1) is 23.4. The standard InChI is InChI=1S/C28H19ClFN5OS/c1-16-20(18-9-4-7-13-24(18)34(16)15-17-8-2-6-12-23(17)30)14-21-25(31)35-28(32-26(21)36)37-27(33-35)19-10-3-5-11-22(19)29/h2-14,31H,15H2,1H3/b21-14+,31-25?. The molecule has 1 N–H and O–H groups in total. The van der Waals surface area contributed by atoms with E-state index in [1.54, 1.807) is 24.3 Å². The molecular formula is C28H19ClFN5OS. The summed E-state index contributed by atoms with van der Waals surface area (Å²) in [4.78, 5) is 17.3. The molecule has 3 heterocycles. The number of hydrogen-bond acceptors (Lipinski definition) is 4. The van der Waals surface area contributed by atoms with Gasteiger partial charge in [-0.05, 0) is 43.0 Å². The molecule has 0 spiro atoms. The van der Waals surface area contributed by atoms with Crippen molar-refractivity contribution < 1.29 is 9.18 Å². The zero-order valence-corrected chi connectivity index (χ0v) is 21.1. The van der Waals surface area contributed by atoms with Crippen molar-refractivity contribution in [3.63, 3.8) is 0 Å². The molecule has 6 nitrogen and oxygen atoms in total.